The molecule has 0 fully saturated rings. The zero-order valence-corrected chi connectivity index (χ0v) is 9.70. The summed E-state index contributed by atoms with van der Waals surface area (Å²) in [6.07, 6.45) is 0.744. The average Bonchev–Trinajstić information content (AvgIpc) is 2.09. The molecular formula is C9H10BrClFNO. The summed E-state index contributed by atoms with van der Waals surface area (Å²) in [7, 11) is 0. The Labute approximate surface area is 96.2 Å². The fourth-order valence-electron chi connectivity index (χ4n) is 1.41. The molecule has 1 aliphatic rings. The lowest BCUT2D eigenvalue weighted by molar-refractivity contribution is 0.268. The van der Waals surface area contributed by atoms with Gasteiger partial charge < -0.3 is 10.5 Å². The van der Waals surface area contributed by atoms with Crippen molar-refractivity contribution >= 4 is 28.3 Å². The summed E-state index contributed by atoms with van der Waals surface area (Å²) in [4.78, 5) is 0. The van der Waals surface area contributed by atoms with E-state index in [1.165, 1.54) is 6.07 Å². The number of hydrogen-bond donors (Lipinski definition) is 1. The summed E-state index contributed by atoms with van der Waals surface area (Å²) in [6.45, 7) is 0.603. The summed E-state index contributed by atoms with van der Waals surface area (Å²) in [5.74, 6) is 0.395. The number of hydrogen-bond acceptors (Lipinski definition) is 2. The van der Waals surface area contributed by atoms with Gasteiger partial charge in [0.1, 0.15) is 11.6 Å². The molecular weight excluding hydrogens is 272 g/mol. The van der Waals surface area contributed by atoms with Crippen molar-refractivity contribution in [1.29, 1.82) is 0 Å². The van der Waals surface area contributed by atoms with E-state index in [1.54, 1.807) is 6.07 Å². The molecule has 1 atom stereocenters. The third-order valence-electron chi connectivity index (χ3n) is 2.14. The van der Waals surface area contributed by atoms with Crippen molar-refractivity contribution in [3.8, 4) is 5.75 Å². The van der Waals surface area contributed by atoms with Gasteiger partial charge in [0.25, 0.3) is 0 Å². The standard InChI is InChI=1S/C9H9BrFNO.ClH/c10-6-4-9-5(3-7(6)11)8(12)1-2-13-9;/h3-4,8H,1-2,12H2;1H. The molecule has 0 saturated heterocycles. The highest BCUT2D eigenvalue weighted by Gasteiger charge is 2.19. The molecule has 0 bridgehead atoms. The van der Waals surface area contributed by atoms with Gasteiger partial charge in [0.05, 0.1) is 11.1 Å². The third-order valence-corrected chi connectivity index (χ3v) is 2.75. The van der Waals surface area contributed by atoms with E-state index >= 15 is 0 Å². The van der Waals surface area contributed by atoms with E-state index in [0.29, 0.717) is 16.8 Å². The van der Waals surface area contributed by atoms with Crippen LogP contribution < -0.4 is 10.5 Å². The first-order chi connectivity index (χ1) is 6.18. The first-order valence-electron chi connectivity index (χ1n) is 4.06. The Kier molecular flexibility index (Phi) is 3.75. The highest BCUT2D eigenvalue weighted by atomic mass is 79.9. The van der Waals surface area contributed by atoms with Crippen LogP contribution >= 0.6 is 28.3 Å². The van der Waals surface area contributed by atoms with Gasteiger partial charge in [0.15, 0.2) is 0 Å². The molecule has 0 spiro atoms. The Hall–Kier alpha value is -0.320. The van der Waals surface area contributed by atoms with Gasteiger partial charge in [-0.1, -0.05) is 0 Å². The molecule has 14 heavy (non-hydrogen) atoms. The summed E-state index contributed by atoms with van der Waals surface area (Å²) < 4.78 is 18.9. The highest BCUT2D eigenvalue weighted by molar-refractivity contribution is 9.10. The Morgan fingerprint density at radius 3 is 2.93 bits per heavy atom. The van der Waals surface area contributed by atoms with Crippen LogP contribution in [0.25, 0.3) is 0 Å². The SMILES string of the molecule is Cl.NC1CCOc2cc(Br)c(F)cc21. The van der Waals surface area contributed by atoms with Gasteiger partial charge in [-0.2, -0.15) is 0 Å². The zero-order chi connectivity index (χ0) is 9.42. The summed E-state index contributed by atoms with van der Waals surface area (Å²) in [6, 6.07) is 2.96. The van der Waals surface area contributed by atoms with Crippen molar-refractivity contribution in [2.45, 2.75) is 12.5 Å². The molecule has 1 aliphatic heterocycles. The van der Waals surface area contributed by atoms with Crippen LogP contribution in [0.5, 0.6) is 5.75 Å². The number of rotatable bonds is 0. The fraction of sp³-hybridized carbons (Fsp3) is 0.333. The largest absolute Gasteiger partial charge is 0.493 e. The average molecular weight is 283 g/mol. The van der Waals surface area contributed by atoms with Crippen molar-refractivity contribution in [1.82, 2.24) is 0 Å². The molecule has 78 valence electrons. The topological polar surface area (TPSA) is 35.2 Å². The molecule has 0 saturated carbocycles. The van der Waals surface area contributed by atoms with Crippen LogP contribution in [0.15, 0.2) is 16.6 Å². The minimum Gasteiger partial charge on any atom is -0.493 e. The Morgan fingerprint density at radius 2 is 2.21 bits per heavy atom. The lowest BCUT2D eigenvalue weighted by atomic mass is 10.0. The Morgan fingerprint density at radius 1 is 1.50 bits per heavy atom. The van der Waals surface area contributed by atoms with Crippen LogP contribution in [0.2, 0.25) is 0 Å². The predicted molar refractivity (Wildman–Crippen MR) is 58.4 cm³/mol. The van der Waals surface area contributed by atoms with Crippen LogP contribution in [0.3, 0.4) is 0 Å². The second kappa shape index (κ2) is 4.47. The van der Waals surface area contributed by atoms with E-state index in [-0.39, 0.29) is 24.3 Å². The molecule has 5 heteroatoms. The van der Waals surface area contributed by atoms with Crippen molar-refractivity contribution in [2.24, 2.45) is 5.73 Å². The number of fused-ring (bicyclic) bond motifs is 1. The van der Waals surface area contributed by atoms with Gasteiger partial charge in [0.2, 0.25) is 0 Å². The predicted octanol–water partition coefficient (Wildman–Crippen LogP) is 2.79. The van der Waals surface area contributed by atoms with Gasteiger partial charge in [-0.05, 0) is 28.1 Å². The summed E-state index contributed by atoms with van der Waals surface area (Å²) >= 11 is 3.10. The van der Waals surface area contributed by atoms with E-state index in [9.17, 15) is 4.39 Å². The number of halogens is 3. The Balaban J connectivity index is 0.000000980. The molecule has 2 nitrogen and oxygen atoms in total. The van der Waals surface area contributed by atoms with Crippen molar-refractivity contribution in [3.05, 3.63) is 28.0 Å². The molecule has 0 aromatic heterocycles. The molecule has 1 aromatic rings. The molecule has 0 aliphatic carbocycles. The number of benzene rings is 1. The van der Waals surface area contributed by atoms with Crippen molar-refractivity contribution < 1.29 is 9.13 Å². The molecule has 1 aromatic carbocycles. The summed E-state index contributed by atoms with van der Waals surface area (Å²) in [5, 5.41) is 0. The third kappa shape index (κ3) is 2.02. The van der Waals surface area contributed by atoms with Crippen LogP contribution in [-0.4, -0.2) is 6.61 Å². The van der Waals surface area contributed by atoms with Gasteiger partial charge >= 0.3 is 0 Å². The van der Waals surface area contributed by atoms with E-state index in [0.717, 1.165) is 12.0 Å². The normalized spacial score (nSPS) is 19.2. The summed E-state index contributed by atoms with van der Waals surface area (Å²) in [5.41, 5.74) is 6.56. The monoisotopic (exact) mass is 281 g/mol. The smallest absolute Gasteiger partial charge is 0.137 e. The van der Waals surface area contributed by atoms with E-state index < -0.39 is 0 Å². The van der Waals surface area contributed by atoms with Gasteiger partial charge in [-0.15, -0.1) is 12.4 Å². The second-order valence-corrected chi connectivity index (χ2v) is 3.90. The van der Waals surface area contributed by atoms with Gasteiger partial charge in [-0.25, -0.2) is 4.39 Å². The molecule has 0 amide bonds. The fourth-order valence-corrected chi connectivity index (χ4v) is 1.73. The van der Waals surface area contributed by atoms with Crippen molar-refractivity contribution in [2.75, 3.05) is 6.61 Å². The van der Waals surface area contributed by atoms with Crippen molar-refractivity contribution in [3.63, 3.8) is 0 Å². The maximum absolute atomic E-state index is 13.1. The molecule has 2 rings (SSSR count). The van der Waals surface area contributed by atoms with E-state index in [1.807, 2.05) is 0 Å². The maximum Gasteiger partial charge on any atom is 0.137 e. The number of nitrogens with two attached hydrogens (primary N) is 1. The van der Waals surface area contributed by atoms with E-state index in [2.05, 4.69) is 15.9 Å². The van der Waals surface area contributed by atoms with Crippen LogP contribution in [-0.2, 0) is 0 Å². The zero-order valence-electron chi connectivity index (χ0n) is 7.30. The highest BCUT2D eigenvalue weighted by Crippen LogP contribution is 2.34. The second-order valence-electron chi connectivity index (χ2n) is 3.05. The van der Waals surface area contributed by atoms with Crippen LogP contribution in [0.1, 0.15) is 18.0 Å². The van der Waals surface area contributed by atoms with Gasteiger partial charge in [-0.3, -0.25) is 0 Å². The maximum atomic E-state index is 13.1. The minimum atomic E-state index is -0.292. The lowest BCUT2D eigenvalue weighted by Gasteiger charge is -2.23. The van der Waals surface area contributed by atoms with Crippen LogP contribution in [0.4, 0.5) is 4.39 Å². The molecule has 2 N–H and O–H groups in total. The van der Waals surface area contributed by atoms with Gasteiger partial charge in [0, 0.05) is 18.0 Å². The first-order valence-corrected chi connectivity index (χ1v) is 4.85. The minimum absolute atomic E-state index is 0. The molecule has 0 radical (unpaired) electrons. The molecule has 1 unspecified atom stereocenters. The lowest BCUT2D eigenvalue weighted by Crippen LogP contribution is -2.20. The Bertz CT molecular complexity index is 348. The molecule has 1 heterocycles. The quantitative estimate of drug-likeness (QED) is 0.794. The number of ether oxygens (including phenoxy) is 1. The van der Waals surface area contributed by atoms with Crippen LogP contribution in [0, 0.1) is 5.82 Å². The van der Waals surface area contributed by atoms with E-state index in [4.69, 9.17) is 10.5 Å². The first kappa shape index (κ1) is 11.8.